The maximum atomic E-state index is 12.9. The van der Waals surface area contributed by atoms with Crippen molar-refractivity contribution in [3.8, 4) is 0 Å². The molecule has 0 unspecified atom stereocenters. The van der Waals surface area contributed by atoms with Crippen molar-refractivity contribution in [3.63, 3.8) is 0 Å². The van der Waals surface area contributed by atoms with Crippen LogP contribution in [0, 0.1) is 0 Å². The molecule has 0 spiro atoms. The van der Waals surface area contributed by atoms with E-state index in [9.17, 15) is 22.8 Å². The van der Waals surface area contributed by atoms with Crippen molar-refractivity contribution in [3.05, 3.63) is 65.2 Å². The van der Waals surface area contributed by atoms with Crippen molar-refractivity contribution in [2.45, 2.75) is 38.1 Å². The van der Waals surface area contributed by atoms with Crippen LogP contribution in [-0.4, -0.2) is 66.9 Å². The van der Waals surface area contributed by atoms with Crippen molar-refractivity contribution in [1.82, 2.24) is 14.5 Å². The minimum Gasteiger partial charge on any atom is -0.347 e. The third-order valence-electron chi connectivity index (χ3n) is 5.31. The van der Waals surface area contributed by atoms with Crippen molar-refractivity contribution < 1.29 is 22.8 Å². The summed E-state index contributed by atoms with van der Waals surface area (Å²) in [6, 6.07) is 12.3. The molecule has 0 atom stereocenters. The van der Waals surface area contributed by atoms with Gasteiger partial charge in [0.05, 0.1) is 4.90 Å². The van der Waals surface area contributed by atoms with Gasteiger partial charge in [0.25, 0.3) is 11.8 Å². The van der Waals surface area contributed by atoms with E-state index in [1.54, 1.807) is 29.2 Å². The van der Waals surface area contributed by atoms with E-state index in [0.717, 1.165) is 0 Å². The number of hydrogen-bond acceptors (Lipinski definition) is 5. The maximum absolute atomic E-state index is 12.9. The third-order valence-corrected chi connectivity index (χ3v) is 7.22. The van der Waals surface area contributed by atoms with E-state index < -0.39 is 10.0 Å². The van der Waals surface area contributed by atoms with E-state index in [1.165, 1.54) is 35.5 Å². The summed E-state index contributed by atoms with van der Waals surface area (Å²) in [5.74, 6) is -0.550. The Kier molecular flexibility index (Phi) is 7.04. The van der Waals surface area contributed by atoms with E-state index >= 15 is 0 Å². The summed E-state index contributed by atoms with van der Waals surface area (Å²) in [7, 11) is -3.71. The maximum Gasteiger partial charge on any atom is 0.253 e. The number of piperazine rings is 1. The number of nitrogens with one attached hydrogen (secondary N) is 1. The minimum absolute atomic E-state index is 0.122. The third kappa shape index (κ3) is 5.85. The van der Waals surface area contributed by atoms with Crippen LogP contribution < -0.4 is 5.32 Å². The molecule has 0 radical (unpaired) electrons. The average Bonchev–Trinajstić information content (AvgIpc) is 2.77. The summed E-state index contributed by atoms with van der Waals surface area (Å²) < 4.78 is 27.2. The smallest absolute Gasteiger partial charge is 0.253 e. The molecule has 1 saturated heterocycles. The number of hydrogen-bond donors (Lipinski definition) is 1. The van der Waals surface area contributed by atoms with Gasteiger partial charge in [0, 0.05) is 48.4 Å². The fourth-order valence-electron chi connectivity index (χ4n) is 3.50. The Morgan fingerprint density at radius 1 is 0.788 bits per heavy atom. The van der Waals surface area contributed by atoms with Gasteiger partial charge >= 0.3 is 0 Å². The summed E-state index contributed by atoms with van der Waals surface area (Å²) >= 11 is 0. The van der Waals surface area contributed by atoms with E-state index in [1.807, 2.05) is 20.8 Å². The summed E-state index contributed by atoms with van der Waals surface area (Å²) in [5, 5.41) is 2.88. The zero-order valence-corrected chi connectivity index (χ0v) is 20.1. The SMILES string of the molecule is CC(=O)c1ccc(S(=O)(=O)N2CCN(C(=O)c3ccc(C(=O)NC(C)(C)C)cc3)CC2)cc1. The molecule has 1 aliphatic rings. The van der Waals surface area contributed by atoms with Crippen LogP contribution in [0.15, 0.2) is 53.4 Å². The second-order valence-electron chi connectivity index (χ2n) is 9.06. The number of carbonyl (C=O) groups excluding carboxylic acids is 3. The topological polar surface area (TPSA) is 104 Å². The molecule has 1 N–H and O–H groups in total. The fraction of sp³-hybridized carbons (Fsp3) is 0.375. The molecule has 33 heavy (non-hydrogen) atoms. The van der Waals surface area contributed by atoms with Gasteiger partial charge in [0.2, 0.25) is 10.0 Å². The summed E-state index contributed by atoms with van der Waals surface area (Å²) in [4.78, 5) is 38.3. The lowest BCUT2D eigenvalue weighted by molar-refractivity contribution is 0.0697. The number of Topliss-reactive ketones (excluding diaryl/α,β-unsaturated/α-hetero) is 1. The van der Waals surface area contributed by atoms with Gasteiger partial charge in [-0.15, -0.1) is 0 Å². The highest BCUT2D eigenvalue weighted by molar-refractivity contribution is 7.89. The molecular formula is C24H29N3O5S. The first-order chi connectivity index (χ1) is 15.4. The molecule has 8 nitrogen and oxygen atoms in total. The molecule has 1 fully saturated rings. The van der Waals surface area contributed by atoms with Crippen LogP contribution in [0.2, 0.25) is 0 Å². The van der Waals surface area contributed by atoms with Crippen LogP contribution in [-0.2, 0) is 10.0 Å². The highest BCUT2D eigenvalue weighted by Crippen LogP contribution is 2.19. The van der Waals surface area contributed by atoms with E-state index in [-0.39, 0.29) is 54.2 Å². The average molecular weight is 472 g/mol. The largest absolute Gasteiger partial charge is 0.347 e. The Labute approximate surface area is 194 Å². The lowest BCUT2D eigenvalue weighted by Gasteiger charge is -2.34. The Hall–Kier alpha value is -3.04. The second kappa shape index (κ2) is 9.44. The van der Waals surface area contributed by atoms with Gasteiger partial charge in [-0.2, -0.15) is 4.31 Å². The van der Waals surface area contributed by atoms with Gasteiger partial charge in [-0.3, -0.25) is 14.4 Å². The molecule has 0 bridgehead atoms. The van der Waals surface area contributed by atoms with Gasteiger partial charge in [-0.05, 0) is 64.1 Å². The molecule has 3 rings (SSSR count). The minimum atomic E-state index is -3.71. The van der Waals surface area contributed by atoms with Crippen molar-refractivity contribution in [2.24, 2.45) is 0 Å². The lowest BCUT2D eigenvalue weighted by Crippen LogP contribution is -2.50. The molecule has 2 aromatic carbocycles. The predicted molar refractivity (Wildman–Crippen MR) is 125 cm³/mol. The van der Waals surface area contributed by atoms with Crippen molar-refractivity contribution in [2.75, 3.05) is 26.2 Å². The monoisotopic (exact) mass is 471 g/mol. The van der Waals surface area contributed by atoms with Gasteiger partial charge < -0.3 is 10.2 Å². The first-order valence-corrected chi connectivity index (χ1v) is 12.2. The second-order valence-corrected chi connectivity index (χ2v) is 11.0. The molecule has 0 aromatic heterocycles. The number of sulfonamides is 1. The zero-order chi connectivity index (χ0) is 24.4. The van der Waals surface area contributed by atoms with Crippen LogP contribution in [0.5, 0.6) is 0 Å². The summed E-state index contributed by atoms with van der Waals surface area (Å²) in [5.41, 5.74) is 0.999. The predicted octanol–water partition coefficient (Wildman–Crippen LogP) is 2.56. The molecule has 0 saturated carbocycles. The van der Waals surface area contributed by atoms with Gasteiger partial charge in [-0.1, -0.05) is 12.1 Å². The standard InChI is InChI=1S/C24H29N3O5S/c1-17(28)18-9-11-21(12-10-18)33(31,32)27-15-13-26(14-16-27)23(30)20-7-5-19(6-8-20)22(29)25-24(2,3)4/h5-12H,13-16H2,1-4H3,(H,25,29). The molecule has 1 heterocycles. The number of benzene rings is 2. The number of rotatable bonds is 5. The summed E-state index contributed by atoms with van der Waals surface area (Å²) in [6.45, 7) is 7.97. The highest BCUT2D eigenvalue weighted by Gasteiger charge is 2.30. The molecule has 176 valence electrons. The van der Waals surface area contributed by atoms with Crippen LogP contribution in [0.25, 0.3) is 0 Å². The van der Waals surface area contributed by atoms with E-state index in [0.29, 0.717) is 16.7 Å². The Bertz CT molecular complexity index is 1140. The molecule has 2 amide bonds. The first-order valence-electron chi connectivity index (χ1n) is 10.7. The lowest BCUT2D eigenvalue weighted by atomic mass is 10.1. The number of amides is 2. The van der Waals surface area contributed by atoms with Crippen molar-refractivity contribution >= 4 is 27.6 Å². The molecule has 0 aliphatic carbocycles. The van der Waals surface area contributed by atoms with Gasteiger partial charge in [0.15, 0.2) is 5.78 Å². The van der Waals surface area contributed by atoms with Crippen LogP contribution in [0.4, 0.5) is 0 Å². The number of nitrogens with zero attached hydrogens (tertiary/aromatic N) is 2. The zero-order valence-electron chi connectivity index (χ0n) is 19.3. The Balaban J connectivity index is 1.62. The van der Waals surface area contributed by atoms with E-state index in [2.05, 4.69) is 5.32 Å². The molecule has 1 aliphatic heterocycles. The normalized spacial score (nSPS) is 15.2. The van der Waals surface area contributed by atoms with Crippen LogP contribution in [0.1, 0.15) is 58.8 Å². The Morgan fingerprint density at radius 2 is 1.27 bits per heavy atom. The van der Waals surface area contributed by atoms with Crippen LogP contribution in [0.3, 0.4) is 0 Å². The van der Waals surface area contributed by atoms with Crippen molar-refractivity contribution in [1.29, 1.82) is 0 Å². The number of ketones is 1. The fourth-order valence-corrected chi connectivity index (χ4v) is 4.92. The van der Waals surface area contributed by atoms with E-state index in [4.69, 9.17) is 0 Å². The van der Waals surface area contributed by atoms with Crippen LogP contribution >= 0.6 is 0 Å². The Morgan fingerprint density at radius 3 is 1.76 bits per heavy atom. The first kappa shape index (κ1) is 24.6. The van der Waals surface area contributed by atoms with Gasteiger partial charge in [0.1, 0.15) is 0 Å². The molecule has 2 aromatic rings. The number of carbonyl (C=O) groups is 3. The quantitative estimate of drug-likeness (QED) is 0.675. The summed E-state index contributed by atoms with van der Waals surface area (Å²) in [6.07, 6.45) is 0. The molecule has 9 heteroatoms. The molecular weight excluding hydrogens is 442 g/mol. The van der Waals surface area contributed by atoms with Gasteiger partial charge in [-0.25, -0.2) is 8.42 Å². The highest BCUT2D eigenvalue weighted by atomic mass is 32.2.